The van der Waals surface area contributed by atoms with E-state index in [0.717, 1.165) is 54.1 Å². The van der Waals surface area contributed by atoms with Crippen molar-refractivity contribution >= 4 is 17.6 Å². The van der Waals surface area contributed by atoms with E-state index in [9.17, 15) is 4.79 Å². The second-order valence-corrected chi connectivity index (χ2v) is 7.97. The predicted molar refractivity (Wildman–Crippen MR) is 134 cm³/mol. The minimum absolute atomic E-state index is 0.408. The molecule has 0 amide bonds. The summed E-state index contributed by atoms with van der Waals surface area (Å²) in [5.74, 6) is 2.21. The van der Waals surface area contributed by atoms with Gasteiger partial charge in [-0.2, -0.15) is 9.97 Å². The van der Waals surface area contributed by atoms with Gasteiger partial charge in [0.2, 0.25) is 5.95 Å². The maximum atomic E-state index is 12.6. The molecule has 4 aromatic rings. The highest BCUT2D eigenvalue weighted by Gasteiger charge is 2.10. The highest BCUT2D eigenvalue weighted by atomic mass is 16.5. The number of esters is 1. The molecular weight excluding hydrogens is 424 g/mol. The van der Waals surface area contributed by atoms with Gasteiger partial charge in [0.25, 0.3) is 0 Å². The van der Waals surface area contributed by atoms with Gasteiger partial charge in [0, 0.05) is 18.5 Å². The summed E-state index contributed by atoms with van der Waals surface area (Å²) in [5.41, 5.74) is 3.44. The van der Waals surface area contributed by atoms with E-state index in [4.69, 9.17) is 4.74 Å². The first kappa shape index (κ1) is 23.1. The Kier molecular flexibility index (Phi) is 7.60. The monoisotopic (exact) mass is 452 g/mol. The summed E-state index contributed by atoms with van der Waals surface area (Å²) in [5, 5.41) is 3.22. The first-order valence-corrected chi connectivity index (χ1v) is 11.6. The van der Waals surface area contributed by atoms with Crippen molar-refractivity contribution in [3.05, 3.63) is 96.1 Å². The molecule has 0 spiro atoms. The Balaban J connectivity index is 1.41. The molecule has 6 heteroatoms. The van der Waals surface area contributed by atoms with Crippen LogP contribution < -0.4 is 10.1 Å². The molecule has 34 heavy (non-hydrogen) atoms. The number of rotatable bonds is 9. The first-order valence-electron chi connectivity index (χ1n) is 11.6. The van der Waals surface area contributed by atoms with Crippen molar-refractivity contribution in [2.75, 3.05) is 5.32 Å². The van der Waals surface area contributed by atoms with Crippen LogP contribution in [-0.2, 0) is 12.8 Å². The molecule has 0 aliphatic heterocycles. The fraction of sp³-hybridized carbons (Fsp3) is 0.214. The van der Waals surface area contributed by atoms with E-state index in [2.05, 4.69) is 34.1 Å². The Morgan fingerprint density at radius 1 is 0.735 bits per heavy atom. The third kappa shape index (κ3) is 6.04. The number of carbonyl (C=O) groups is 1. The molecule has 4 rings (SSSR count). The Morgan fingerprint density at radius 3 is 1.91 bits per heavy atom. The molecule has 0 fully saturated rings. The highest BCUT2D eigenvalue weighted by molar-refractivity contribution is 5.91. The smallest absolute Gasteiger partial charge is 0.343 e. The molecule has 0 atom stereocenters. The molecule has 6 nitrogen and oxygen atoms in total. The summed E-state index contributed by atoms with van der Waals surface area (Å²) in [6, 6.07) is 24.6. The molecule has 0 saturated heterocycles. The van der Waals surface area contributed by atoms with Crippen LogP contribution in [0.1, 0.15) is 48.7 Å². The maximum Gasteiger partial charge on any atom is 0.343 e. The van der Waals surface area contributed by atoms with Gasteiger partial charge >= 0.3 is 5.97 Å². The van der Waals surface area contributed by atoms with Crippen molar-refractivity contribution in [2.24, 2.45) is 0 Å². The molecule has 0 unspecified atom stereocenters. The molecule has 0 radical (unpaired) electrons. The molecule has 0 bridgehead atoms. The minimum atomic E-state index is -0.408. The van der Waals surface area contributed by atoms with Gasteiger partial charge < -0.3 is 10.1 Å². The fourth-order valence-electron chi connectivity index (χ4n) is 3.53. The number of anilines is 2. The minimum Gasteiger partial charge on any atom is -0.423 e. The summed E-state index contributed by atoms with van der Waals surface area (Å²) >= 11 is 0. The SMILES string of the molecule is CCCc1nc(CCC)nc(Nc2ccc(C(=O)Oc3ccc(-c4ccccc4)cc3)cc2)n1. The number of hydrogen-bond donors (Lipinski definition) is 1. The first-order chi connectivity index (χ1) is 16.6. The van der Waals surface area contributed by atoms with Crippen molar-refractivity contribution in [1.29, 1.82) is 0 Å². The number of ether oxygens (including phenoxy) is 1. The zero-order valence-electron chi connectivity index (χ0n) is 19.5. The normalized spacial score (nSPS) is 10.6. The zero-order chi connectivity index (χ0) is 23.8. The van der Waals surface area contributed by atoms with Gasteiger partial charge in [-0.25, -0.2) is 9.78 Å². The third-order valence-electron chi connectivity index (χ3n) is 5.22. The topological polar surface area (TPSA) is 77.0 Å². The van der Waals surface area contributed by atoms with Gasteiger partial charge in [-0.05, 0) is 60.4 Å². The van der Waals surface area contributed by atoms with Crippen LogP contribution in [0, 0.1) is 0 Å². The van der Waals surface area contributed by atoms with Gasteiger partial charge in [-0.3, -0.25) is 0 Å². The van der Waals surface area contributed by atoms with E-state index in [1.165, 1.54) is 0 Å². The van der Waals surface area contributed by atoms with E-state index in [1.807, 2.05) is 54.6 Å². The molecule has 0 aliphatic carbocycles. The van der Waals surface area contributed by atoms with Gasteiger partial charge in [0.15, 0.2) is 0 Å². The summed E-state index contributed by atoms with van der Waals surface area (Å²) < 4.78 is 5.54. The highest BCUT2D eigenvalue weighted by Crippen LogP contribution is 2.23. The average Bonchev–Trinajstić information content (AvgIpc) is 2.86. The molecule has 1 N–H and O–H groups in total. The molecular formula is C28H28N4O2. The number of nitrogens with zero attached hydrogens (tertiary/aromatic N) is 3. The molecule has 1 aromatic heterocycles. The molecule has 3 aromatic carbocycles. The van der Waals surface area contributed by atoms with E-state index >= 15 is 0 Å². The lowest BCUT2D eigenvalue weighted by Crippen LogP contribution is -2.09. The number of aromatic nitrogens is 3. The standard InChI is InChI=1S/C28H28N4O2/c1-3-8-25-30-26(9-4-2)32-28(31-25)29-23-16-12-22(13-17-23)27(33)34-24-18-14-21(15-19-24)20-10-6-5-7-11-20/h5-7,10-19H,3-4,8-9H2,1-2H3,(H,29,30,31,32). The Labute approximate surface area is 200 Å². The number of nitrogens with one attached hydrogen (secondary N) is 1. The van der Waals surface area contributed by atoms with Gasteiger partial charge in [-0.15, -0.1) is 0 Å². The van der Waals surface area contributed by atoms with Crippen molar-refractivity contribution in [3.63, 3.8) is 0 Å². The van der Waals surface area contributed by atoms with Crippen LogP contribution in [0.5, 0.6) is 5.75 Å². The molecule has 172 valence electrons. The van der Waals surface area contributed by atoms with Crippen LogP contribution in [0.4, 0.5) is 11.6 Å². The van der Waals surface area contributed by atoms with Crippen molar-refractivity contribution < 1.29 is 9.53 Å². The van der Waals surface area contributed by atoms with Crippen LogP contribution in [0.15, 0.2) is 78.9 Å². The van der Waals surface area contributed by atoms with Crippen LogP contribution in [-0.4, -0.2) is 20.9 Å². The van der Waals surface area contributed by atoms with E-state index in [1.54, 1.807) is 24.3 Å². The Bertz CT molecular complexity index is 1200. The van der Waals surface area contributed by atoms with Crippen LogP contribution in [0.25, 0.3) is 11.1 Å². The third-order valence-corrected chi connectivity index (χ3v) is 5.22. The maximum absolute atomic E-state index is 12.6. The molecule has 0 aliphatic rings. The lowest BCUT2D eigenvalue weighted by Gasteiger charge is -2.09. The van der Waals surface area contributed by atoms with Crippen molar-refractivity contribution in [1.82, 2.24) is 15.0 Å². The lowest BCUT2D eigenvalue weighted by atomic mass is 10.1. The average molecular weight is 453 g/mol. The predicted octanol–water partition coefficient (Wildman–Crippen LogP) is 6.41. The molecule has 1 heterocycles. The van der Waals surface area contributed by atoms with Gasteiger partial charge in [-0.1, -0.05) is 56.3 Å². The Hall–Kier alpha value is -4.06. The lowest BCUT2D eigenvalue weighted by molar-refractivity contribution is 0.0735. The van der Waals surface area contributed by atoms with Gasteiger partial charge in [0.1, 0.15) is 17.4 Å². The molecule has 0 saturated carbocycles. The fourth-order valence-corrected chi connectivity index (χ4v) is 3.53. The van der Waals surface area contributed by atoms with E-state index in [0.29, 0.717) is 17.3 Å². The number of aryl methyl sites for hydroxylation is 2. The van der Waals surface area contributed by atoms with E-state index in [-0.39, 0.29) is 0 Å². The second-order valence-electron chi connectivity index (χ2n) is 7.97. The quantitative estimate of drug-likeness (QED) is 0.234. The van der Waals surface area contributed by atoms with Crippen LogP contribution in [0.3, 0.4) is 0 Å². The summed E-state index contributed by atoms with van der Waals surface area (Å²) in [6.07, 6.45) is 3.57. The largest absolute Gasteiger partial charge is 0.423 e. The zero-order valence-corrected chi connectivity index (χ0v) is 19.5. The second kappa shape index (κ2) is 11.2. The summed E-state index contributed by atoms with van der Waals surface area (Å²) in [7, 11) is 0. The van der Waals surface area contributed by atoms with Gasteiger partial charge in [0.05, 0.1) is 5.56 Å². The summed E-state index contributed by atoms with van der Waals surface area (Å²) in [6.45, 7) is 4.21. The summed E-state index contributed by atoms with van der Waals surface area (Å²) in [4.78, 5) is 26.2. The van der Waals surface area contributed by atoms with Crippen molar-refractivity contribution in [2.45, 2.75) is 39.5 Å². The van der Waals surface area contributed by atoms with Crippen molar-refractivity contribution in [3.8, 4) is 16.9 Å². The number of carbonyl (C=O) groups excluding carboxylic acids is 1. The van der Waals surface area contributed by atoms with Crippen LogP contribution >= 0.6 is 0 Å². The Morgan fingerprint density at radius 2 is 1.32 bits per heavy atom. The van der Waals surface area contributed by atoms with E-state index < -0.39 is 5.97 Å². The number of hydrogen-bond acceptors (Lipinski definition) is 6. The van der Waals surface area contributed by atoms with Crippen LogP contribution in [0.2, 0.25) is 0 Å². The number of benzene rings is 3.